The number of thiazole rings is 1. The Morgan fingerprint density at radius 2 is 2.21 bits per heavy atom. The lowest BCUT2D eigenvalue weighted by atomic mass is 9.94. The molecule has 126 valence electrons. The minimum atomic E-state index is -0.257. The standard InChI is InChI=1S/C19H22N2O2S/c1-23-14-6-4-13-5-7-15(16(13)12-14)17(22)21-19(8-2-3-9-19)18-20-10-11-24-18/h4,6,10-12,15H,2-3,5,7-9H2,1H3,(H,21,22). The van der Waals surface area contributed by atoms with Crippen molar-refractivity contribution in [1.29, 1.82) is 0 Å². The molecule has 0 spiro atoms. The van der Waals surface area contributed by atoms with Crippen LogP contribution in [0, 0.1) is 0 Å². The van der Waals surface area contributed by atoms with Crippen LogP contribution in [-0.2, 0) is 16.8 Å². The highest BCUT2D eigenvalue weighted by molar-refractivity contribution is 7.09. The van der Waals surface area contributed by atoms with E-state index in [0.717, 1.165) is 54.8 Å². The normalized spacial score (nSPS) is 21.5. The van der Waals surface area contributed by atoms with Gasteiger partial charge in [-0.25, -0.2) is 4.98 Å². The Labute approximate surface area is 146 Å². The molecule has 0 aliphatic heterocycles. The number of benzene rings is 1. The molecule has 1 fully saturated rings. The summed E-state index contributed by atoms with van der Waals surface area (Å²) in [6, 6.07) is 6.10. The first-order chi connectivity index (χ1) is 11.7. The van der Waals surface area contributed by atoms with Gasteiger partial charge in [0.05, 0.1) is 18.6 Å². The van der Waals surface area contributed by atoms with Crippen molar-refractivity contribution >= 4 is 17.2 Å². The number of ether oxygens (including phenoxy) is 1. The maximum absolute atomic E-state index is 13.1. The van der Waals surface area contributed by atoms with Gasteiger partial charge in [-0.3, -0.25) is 4.79 Å². The number of hydrogen-bond acceptors (Lipinski definition) is 4. The van der Waals surface area contributed by atoms with Crippen LogP contribution in [-0.4, -0.2) is 18.0 Å². The smallest absolute Gasteiger partial charge is 0.228 e. The van der Waals surface area contributed by atoms with E-state index in [-0.39, 0.29) is 17.4 Å². The van der Waals surface area contributed by atoms with Crippen LogP contribution in [0.25, 0.3) is 0 Å². The number of aromatic nitrogens is 1. The van der Waals surface area contributed by atoms with Crippen LogP contribution < -0.4 is 10.1 Å². The third-order valence-corrected chi connectivity index (χ3v) is 6.39. The van der Waals surface area contributed by atoms with Crippen LogP contribution in [0.4, 0.5) is 0 Å². The Morgan fingerprint density at radius 1 is 1.38 bits per heavy atom. The van der Waals surface area contributed by atoms with Crippen molar-refractivity contribution in [2.24, 2.45) is 0 Å². The maximum atomic E-state index is 13.1. The van der Waals surface area contributed by atoms with E-state index in [1.165, 1.54) is 5.56 Å². The van der Waals surface area contributed by atoms with Crippen molar-refractivity contribution < 1.29 is 9.53 Å². The monoisotopic (exact) mass is 342 g/mol. The topological polar surface area (TPSA) is 51.2 Å². The number of hydrogen-bond donors (Lipinski definition) is 1. The lowest BCUT2D eigenvalue weighted by Crippen LogP contribution is -2.45. The van der Waals surface area contributed by atoms with Crippen molar-refractivity contribution in [2.45, 2.75) is 50.0 Å². The molecule has 0 radical (unpaired) electrons. The highest BCUT2D eigenvalue weighted by Gasteiger charge is 2.41. The summed E-state index contributed by atoms with van der Waals surface area (Å²) in [5, 5.41) is 6.43. The zero-order chi connectivity index (χ0) is 16.6. The van der Waals surface area contributed by atoms with Gasteiger partial charge in [0, 0.05) is 11.6 Å². The van der Waals surface area contributed by atoms with E-state index in [1.54, 1.807) is 18.4 Å². The fourth-order valence-electron chi connectivity index (χ4n) is 4.13. The van der Waals surface area contributed by atoms with E-state index >= 15 is 0 Å². The van der Waals surface area contributed by atoms with E-state index in [9.17, 15) is 4.79 Å². The maximum Gasteiger partial charge on any atom is 0.228 e. The first-order valence-corrected chi connectivity index (χ1v) is 9.49. The molecule has 0 saturated heterocycles. The number of carbonyl (C=O) groups excluding carboxylic acids is 1. The van der Waals surface area contributed by atoms with Crippen LogP contribution in [0.1, 0.15) is 54.2 Å². The number of nitrogens with zero attached hydrogens (tertiary/aromatic N) is 1. The Morgan fingerprint density at radius 3 is 2.92 bits per heavy atom. The number of rotatable bonds is 4. The molecule has 1 aromatic carbocycles. The van der Waals surface area contributed by atoms with Crippen LogP contribution in [0.5, 0.6) is 5.75 Å². The predicted octanol–water partition coefficient (Wildman–Crippen LogP) is 3.77. The summed E-state index contributed by atoms with van der Waals surface area (Å²) in [6.07, 6.45) is 7.95. The molecule has 2 aromatic rings. The molecule has 5 heteroatoms. The minimum absolute atomic E-state index is 0.0764. The molecule has 1 N–H and O–H groups in total. The van der Waals surface area contributed by atoms with Crippen molar-refractivity contribution in [1.82, 2.24) is 10.3 Å². The first-order valence-electron chi connectivity index (χ1n) is 8.61. The summed E-state index contributed by atoms with van der Waals surface area (Å²) in [4.78, 5) is 17.6. The van der Waals surface area contributed by atoms with E-state index in [1.807, 2.05) is 23.7 Å². The van der Waals surface area contributed by atoms with Crippen molar-refractivity contribution in [3.05, 3.63) is 45.9 Å². The second-order valence-electron chi connectivity index (χ2n) is 6.77. The lowest BCUT2D eigenvalue weighted by Gasteiger charge is -2.29. The van der Waals surface area contributed by atoms with Gasteiger partial charge in [0.2, 0.25) is 5.91 Å². The van der Waals surface area contributed by atoms with Crippen LogP contribution >= 0.6 is 11.3 Å². The Kier molecular flexibility index (Phi) is 4.04. The molecule has 1 atom stereocenters. The Hall–Kier alpha value is -1.88. The average molecular weight is 342 g/mol. The van der Waals surface area contributed by atoms with Gasteiger partial charge in [0.1, 0.15) is 10.8 Å². The second-order valence-corrected chi connectivity index (χ2v) is 7.67. The largest absolute Gasteiger partial charge is 0.497 e. The molecule has 24 heavy (non-hydrogen) atoms. The minimum Gasteiger partial charge on any atom is -0.497 e. The first kappa shape index (κ1) is 15.6. The zero-order valence-electron chi connectivity index (χ0n) is 13.9. The van der Waals surface area contributed by atoms with Crippen LogP contribution in [0.3, 0.4) is 0 Å². The molecule has 2 aliphatic carbocycles. The summed E-state index contributed by atoms with van der Waals surface area (Å²) >= 11 is 1.65. The molecule has 1 aromatic heterocycles. The van der Waals surface area contributed by atoms with E-state index in [0.29, 0.717) is 0 Å². The third-order valence-electron chi connectivity index (χ3n) is 5.41. The molecule has 1 saturated carbocycles. The SMILES string of the molecule is COc1ccc2c(c1)C(C(=O)NC1(c3nccs3)CCCC1)CC2. The van der Waals surface area contributed by atoms with Gasteiger partial charge < -0.3 is 10.1 Å². The molecule has 4 rings (SSSR count). The number of amides is 1. The molecule has 1 amide bonds. The van der Waals surface area contributed by atoms with Crippen molar-refractivity contribution in [3.63, 3.8) is 0 Å². The van der Waals surface area contributed by atoms with Gasteiger partial charge >= 0.3 is 0 Å². The third kappa shape index (κ3) is 2.61. The molecule has 1 heterocycles. The molecule has 1 unspecified atom stereocenters. The molecule has 0 bridgehead atoms. The highest BCUT2D eigenvalue weighted by Crippen LogP contribution is 2.42. The number of nitrogens with one attached hydrogen (secondary N) is 1. The van der Waals surface area contributed by atoms with Gasteiger partial charge in [0.25, 0.3) is 0 Å². The molecular weight excluding hydrogens is 320 g/mol. The molecule has 2 aliphatic rings. The summed E-state index contributed by atoms with van der Waals surface area (Å²) in [7, 11) is 1.67. The van der Waals surface area contributed by atoms with Gasteiger partial charge in [-0.05, 0) is 48.9 Å². The van der Waals surface area contributed by atoms with Gasteiger partial charge in [0.15, 0.2) is 0 Å². The van der Waals surface area contributed by atoms with Gasteiger partial charge in [-0.15, -0.1) is 11.3 Å². The number of aryl methyl sites for hydroxylation is 1. The highest BCUT2D eigenvalue weighted by atomic mass is 32.1. The number of methoxy groups -OCH3 is 1. The van der Waals surface area contributed by atoms with E-state index < -0.39 is 0 Å². The summed E-state index contributed by atoms with van der Waals surface area (Å²) in [6.45, 7) is 0. The van der Waals surface area contributed by atoms with Gasteiger partial charge in [-0.2, -0.15) is 0 Å². The predicted molar refractivity (Wildman–Crippen MR) is 94.5 cm³/mol. The number of carbonyl (C=O) groups is 1. The molecule has 4 nitrogen and oxygen atoms in total. The zero-order valence-corrected chi connectivity index (χ0v) is 14.7. The molecular formula is C19H22N2O2S. The summed E-state index contributed by atoms with van der Waals surface area (Å²) < 4.78 is 5.34. The summed E-state index contributed by atoms with van der Waals surface area (Å²) in [5.74, 6) is 0.885. The number of fused-ring (bicyclic) bond motifs is 1. The Balaban J connectivity index is 1.59. The van der Waals surface area contributed by atoms with Crippen LogP contribution in [0.2, 0.25) is 0 Å². The lowest BCUT2D eigenvalue weighted by molar-refractivity contribution is -0.124. The quantitative estimate of drug-likeness (QED) is 0.920. The van der Waals surface area contributed by atoms with Crippen LogP contribution in [0.15, 0.2) is 29.8 Å². The Bertz CT molecular complexity index is 736. The van der Waals surface area contributed by atoms with Gasteiger partial charge in [-0.1, -0.05) is 18.9 Å². The fourth-order valence-corrected chi connectivity index (χ4v) is 4.99. The average Bonchev–Trinajstić information content (AvgIpc) is 3.34. The van der Waals surface area contributed by atoms with E-state index in [2.05, 4.69) is 16.4 Å². The second kappa shape index (κ2) is 6.20. The van der Waals surface area contributed by atoms with Crippen molar-refractivity contribution in [3.8, 4) is 5.75 Å². The van der Waals surface area contributed by atoms with E-state index in [4.69, 9.17) is 4.74 Å². The fraction of sp³-hybridized carbons (Fsp3) is 0.474. The van der Waals surface area contributed by atoms with Crippen molar-refractivity contribution in [2.75, 3.05) is 7.11 Å². The summed E-state index contributed by atoms with van der Waals surface area (Å²) in [5.41, 5.74) is 2.14.